The molecule has 5 nitrogen and oxygen atoms in total. The number of carbonyl (C=O) groups excluding carboxylic acids is 1. The summed E-state index contributed by atoms with van der Waals surface area (Å²) in [4.78, 5) is 12.0. The zero-order valence-corrected chi connectivity index (χ0v) is 12.1. The molecular weight excluding hydrogens is 306 g/mol. The topological polar surface area (TPSA) is 59.9 Å². The molecule has 1 aliphatic heterocycles. The molecule has 0 saturated heterocycles. The summed E-state index contributed by atoms with van der Waals surface area (Å²) < 4.78 is 37.1. The second-order valence-corrected chi connectivity index (χ2v) is 4.83. The van der Waals surface area contributed by atoms with Gasteiger partial charge < -0.3 is 9.47 Å². The average molecular weight is 318 g/mol. The predicted octanol–water partition coefficient (Wildman–Crippen LogP) is 2.85. The summed E-state index contributed by atoms with van der Waals surface area (Å²) in [6, 6.07) is 7.71. The molecule has 0 spiro atoms. The van der Waals surface area contributed by atoms with Gasteiger partial charge in [-0.3, -0.25) is 4.79 Å². The molecule has 2 aromatic rings. The molecule has 3 rings (SSSR count). The van der Waals surface area contributed by atoms with E-state index in [1.807, 2.05) is 0 Å². The van der Waals surface area contributed by atoms with Crippen LogP contribution < -0.4 is 14.9 Å². The first-order valence-corrected chi connectivity index (χ1v) is 6.74. The minimum absolute atomic E-state index is 0.0176. The third kappa shape index (κ3) is 3.13. The Morgan fingerprint density at radius 1 is 1.13 bits per heavy atom. The molecule has 0 aromatic heterocycles. The maximum absolute atomic E-state index is 13.6. The van der Waals surface area contributed by atoms with E-state index in [0.29, 0.717) is 17.1 Å². The minimum atomic E-state index is -0.620. The van der Waals surface area contributed by atoms with Crippen LogP contribution >= 0.6 is 0 Å². The van der Waals surface area contributed by atoms with E-state index >= 15 is 0 Å². The van der Waals surface area contributed by atoms with E-state index in [1.165, 1.54) is 13.0 Å². The third-order valence-electron chi connectivity index (χ3n) is 3.28. The van der Waals surface area contributed by atoms with Crippen molar-refractivity contribution in [2.24, 2.45) is 5.10 Å². The van der Waals surface area contributed by atoms with E-state index < -0.39 is 17.5 Å². The van der Waals surface area contributed by atoms with Crippen molar-refractivity contribution in [2.75, 3.05) is 6.79 Å². The molecule has 0 radical (unpaired) electrons. The highest BCUT2D eigenvalue weighted by Gasteiger charge is 2.16. The Bertz CT molecular complexity index is 806. The van der Waals surface area contributed by atoms with Crippen LogP contribution in [-0.2, 0) is 0 Å². The van der Waals surface area contributed by atoms with Gasteiger partial charge in [0, 0.05) is 11.1 Å². The van der Waals surface area contributed by atoms with Crippen LogP contribution in [0.4, 0.5) is 8.78 Å². The summed E-state index contributed by atoms with van der Waals surface area (Å²) >= 11 is 0. The predicted molar refractivity (Wildman–Crippen MR) is 78.6 cm³/mol. The lowest BCUT2D eigenvalue weighted by molar-refractivity contribution is 0.0954. The van der Waals surface area contributed by atoms with Crippen molar-refractivity contribution in [1.29, 1.82) is 0 Å². The number of hydrogen-bond acceptors (Lipinski definition) is 4. The summed E-state index contributed by atoms with van der Waals surface area (Å²) in [5.41, 5.74) is 2.74. The highest BCUT2D eigenvalue weighted by molar-refractivity contribution is 6.01. The molecule has 23 heavy (non-hydrogen) atoms. The number of benzene rings is 2. The number of hydrazone groups is 1. The van der Waals surface area contributed by atoms with E-state index in [2.05, 4.69) is 10.5 Å². The van der Waals surface area contributed by atoms with Crippen molar-refractivity contribution in [3.8, 4) is 11.5 Å². The molecule has 0 aliphatic carbocycles. The molecule has 0 atom stereocenters. The number of halogens is 2. The van der Waals surface area contributed by atoms with Crippen LogP contribution in [0.25, 0.3) is 0 Å². The van der Waals surface area contributed by atoms with Crippen LogP contribution in [0, 0.1) is 11.6 Å². The summed E-state index contributed by atoms with van der Waals surface area (Å²) in [5.74, 6) is -0.680. The number of nitrogens with zero attached hydrogens (tertiary/aromatic N) is 1. The molecule has 1 heterocycles. The largest absolute Gasteiger partial charge is 0.454 e. The Morgan fingerprint density at radius 3 is 2.74 bits per heavy atom. The first-order chi connectivity index (χ1) is 11.0. The first kappa shape index (κ1) is 15.0. The Morgan fingerprint density at radius 2 is 1.91 bits per heavy atom. The zero-order valence-electron chi connectivity index (χ0n) is 12.1. The van der Waals surface area contributed by atoms with E-state index in [0.717, 1.165) is 18.2 Å². The lowest BCUT2D eigenvalue weighted by Gasteiger charge is -2.05. The average Bonchev–Trinajstić information content (AvgIpc) is 3.02. The Balaban J connectivity index is 1.76. The van der Waals surface area contributed by atoms with Crippen LogP contribution in [0.5, 0.6) is 11.5 Å². The van der Waals surface area contributed by atoms with Crippen LogP contribution in [0.1, 0.15) is 22.8 Å². The number of amides is 1. The molecule has 0 unspecified atom stereocenters. The van der Waals surface area contributed by atoms with Crippen molar-refractivity contribution in [3.05, 3.63) is 59.2 Å². The number of carbonyl (C=O) groups is 1. The van der Waals surface area contributed by atoms with Crippen LogP contribution in [0.3, 0.4) is 0 Å². The maximum atomic E-state index is 13.6. The van der Waals surface area contributed by atoms with Crippen LogP contribution in [0.2, 0.25) is 0 Å². The van der Waals surface area contributed by atoms with E-state index in [4.69, 9.17) is 9.47 Å². The summed E-state index contributed by atoms with van der Waals surface area (Å²) in [7, 11) is 0. The highest BCUT2D eigenvalue weighted by atomic mass is 19.1. The van der Waals surface area contributed by atoms with Gasteiger partial charge in [0.15, 0.2) is 11.5 Å². The van der Waals surface area contributed by atoms with Gasteiger partial charge in [0.25, 0.3) is 5.91 Å². The Labute approximate surface area is 130 Å². The fourth-order valence-corrected chi connectivity index (χ4v) is 2.07. The van der Waals surface area contributed by atoms with Gasteiger partial charge in [-0.2, -0.15) is 5.10 Å². The van der Waals surface area contributed by atoms with Gasteiger partial charge in [-0.15, -0.1) is 0 Å². The van der Waals surface area contributed by atoms with Crippen molar-refractivity contribution in [1.82, 2.24) is 5.43 Å². The smallest absolute Gasteiger partial charge is 0.271 e. The van der Waals surface area contributed by atoms with Gasteiger partial charge in [0.05, 0.1) is 5.71 Å². The molecule has 118 valence electrons. The first-order valence-electron chi connectivity index (χ1n) is 6.74. The Kier molecular flexibility index (Phi) is 3.92. The van der Waals surface area contributed by atoms with Gasteiger partial charge >= 0.3 is 0 Å². The lowest BCUT2D eigenvalue weighted by Crippen LogP contribution is -2.19. The van der Waals surface area contributed by atoms with Crippen molar-refractivity contribution in [3.63, 3.8) is 0 Å². The van der Waals surface area contributed by atoms with Gasteiger partial charge in [-0.1, -0.05) is 0 Å². The number of ether oxygens (including phenoxy) is 2. The molecular formula is C16H12F2N2O3. The molecule has 1 amide bonds. The third-order valence-corrected chi connectivity index (χ3v) is 3.28. The molecule has 1 N–H and O–H groups in total. The normalized spacial score (nSPS) is 13.1. The second-order valence-electron chi connectivity index (χ2n) is 4.83. The summed E-state index contributed by atoms with van der Waals surface area (Å²) in [6.07, 6.45) is 0. The van der Waals surface area contributed by atoms with Crippen LogP contribution in [0.15, 0.2) is 41.5 Å². The monoisotopic (exact) mass is 318 g/mol. The maximum Gasteiger partial charge on any atom is 0.271 e. The zero-order chi connectivity index (χ0) is 16.4. The fraction of sp³-hybridized carbons (Fsp3) is 0.125. The SMILES string of the molecule is C/C(=N/NC(=O)c1ccc2c(c1)OCO2)c1cc(F)ccc1F. The van der Waals surface area contributed by atoms with Crippen molar-refractivity contribution >= 4 is 11.6 Å². The molecule has 1 aliphatic rings. The van der Waals surface area contributed by atoms with Gasteiger partial charge in [0.1, 0.15) is 11.6 Å². The van der Waals surface area contributed by atoms with Crippen molar-refractivity contribution < 1.29 is 23.0 Å². The van der Waals surface area contributed by atoms with Crippen LogP contribution in [-0.4, -0.2) is 18.4 Å². The quantitative estimate of drug-likeness (QED) is 0.699. The molecule has 0 fully saturated rings. The highest BCUT2D eigenvalue weighted by Crippen LogP contribution is 2.32. The number of nitrogens with one attached hydrogen (secondary N) is 1. The van der Waals surface area contributed by atoms with Crippen molar-refractivity contribution in [2.45, 2.75) is 6.92 Å². The molecule has 7 heteroatoms. The van der Waals surface area contributed by atoms with E-state index in [-0.39, 0.29) is 18.1 Å². The van der Waals surface area contributed by atoms with E-state index in [1.54, 1.807) is 12.1 Å². The Hall–Kier alpha value is -2.96. The molecule has 0 bridgehead atoms. The number of rotatable bonds is 3. The molecule has 2 aromatic carbocycles. The number of hydrogen-bond donors (Lipinski definition) is 1. The molecule has 0 saturated carbocycles. The summed E-state index contributed by atoms with van der Waals surface area (Å²) in [5, 5.41) is 3.80. The minimum Gasteiger partial charge on any atom is -0.454 e. The standard InChI is InChI=1S/C16H12F2N2O3/c1-9(12-7-11(17)3-4-13(12)18)19-20-16(21)10-2-5-14-15(6-10)23-8-22-14/h2-7H,8H2,1H3,(H,20,21)/b19-9-. The number of fused-ring (bicyclic) bond motifs is 1. The van der Waals surface area contributed by atoms with Gasteiger partial charge in [0.2, 0.25) is 6.79 Å². The lowest BCUT2D eigenvalue weighted by atomic mass is 10.1. The van der Waals surface area contributed by atoms with Gasteiger partial charge in [-0.25, -0.2) is 14.2 Å². The summed E-state index contributed by atoms with van der Waals surface area (Å²) in [6.45, 7) is 1.58. The van der Waals surface area contributed by atoms with Gasteiger partial charge in [-0.05, 0) is 43.3 Å². The second kappa shape index (κ2) is 6.04. The fourth-order valence-electron chi connectivity index (χ4n) is 2.07. The van der Waals surface area contributed by atoms with E-state index in [9.17, 15) is 13.6 Å².